The second kappa shape index (κ2) is 10.9. The van der Waals surface area contributed by atoms with Crippen LogP contribution in [0.25, 0.3) is 0 Å². The topological polar surface area (TPSA) is 161 Å². The van der Waals surface area contributed by atoms with Crippen LogP contribution in [0.4, 0.5) is 0 Å². The number of aryl methyl sites for hydroxylation is 1. The number of carbonyl (C=O) groups is 2. The van der Waals surface area contributed by atoms with E-state index in [1.807, 2.05) is 12.1 Å². The number of carbonyl (C=O) groups excluding carboxylic acids is 2. The van der Waals surface area contributed by atoms with E-state index in [0.29, 0.717) is 12.0 Å². The molecule has 2 aliphatic heterocycles. The van der Waals surface area contributed by atoms with Crippen LogP contribution in [-0.4, -0.2) is 63.8 Å². The Labute approximate surface area is 229 Å². The first kappa shape index (κ1) is 27.2. The molecule has 1 atom stereocenters. The van der Waals surface area contributed by atoms with Crippen LogP contribution in [0.3, 0.4) is 0 Å². The van der Waals surface area contributed by atoms with E-state index in [2.05, 4.69) is 4.98 Å². The minimum absolute atomic E-state index is 0. The minimum atomic E-state index is -3.13. The number of fused-ring (bicyclic) bond motifs is 1. The molecule has 1 fully saturated rings. The third-order valence-corrected chi connectivity index (χ3v) is 5.37. The molecule has 13 heteroatoms. The van der Waals surface area contributed by atoms with Crippen molar-refractivity contribution in [2.75, 3.05) is 13.1 Å². The monoisotopic (exact) mass is 461 g/mol. The molecule has 0 radical (unpaired) electrons. The van der Waals surface area contributed by atoms with Gasteiger partial charge in [-0.05, 0) is 30.2 Å². The van der Waals surface area contributed by atoms with Gasteiger partial charge in [0, 0.05) is 18.3 Å². The van der Waals surface area contributed by atoms with Crippen LogP contribution in [-0.2, 0) is 17.6 Å². The van der Waals surface area contributed by atoms with Crippen LogP contribution in [0.2, 0.25) is 6.32 Å². The van der Waals surface area contributed by atoms with Crippen molar-refractivity contribution in [3.05, 3.63) is 47.3 Å². The van der Waals surface area contributed by atoms with Crippen molar-refractivity contribution < 1.29 is 93.2 Å². The number of likely N-dealkylation sites (tertiary alicyclic amines) is 1. The number of benzene rings is 1. The maximum atomic E-state index is 12.4. The molecular weight excluding hydrogens is 439 g/mol. The van der Waals surface area contributed by atoms with E-state index in [0.717, 1.165) is 5.69 Å². The molecule has 10 nitrogen and oxygen atoms in total. The van der Waals surface area contributed by atoms with E-state index >= 15 is 0 Å². The zero-order chi connectivity index (χ0) is 21.5. The summed E-state index contributed by atoms with van der Waals surface area (Å²) in [6.07, 6.45) is 1.95. The van der Waals surface area contributed by atoms with E-state index in [9.17, 15) is 24.7 Å². The van der Waals surface area contributed by atoms with Gasteiger partial charge in [-0.3, -0.25) is 4.79 Å². The summed E-state index contributed by atoms with van der Waals surface area (Å²) in [5.74, 6) is -1.92. The van der Waals surface area contributed by atoms with Gasteiger partial charge in [0.1, 0.15) is 11.9 Å². The number of aromatic amines is 1. The third-order valence-electron chi connectivity index (χ3n) is 5.37. The number of carboxylic acid groups (broad SMARTS) is 1. The number of H-pyrrole nitrogens is 1. The normalized spacial score (nSPS) is 17.5. The average molecular weight is 461 g/mol. The fraction of sp³-hybridized carbons (Fsp3) is 0.368. The molecule has 0 saturated carbocycles. The molecule has 0 aliphatic carbocycles. The van der Waals surface area contributed by atoms with Gasteiger partial charge in [-0.15, -0.1) is 0 Å². The van der Waals surface area contributed by atoms with E-state index < -0.39 is 24.9 Å². The summed E-state index contributed by atoms with van der Waals surface area (Å²) in [4.78, 5) is 28.7. The first-order valence-corrected chi connectivity index (χ1v) is 9.73. The summed E-state index contributed by atoms with van der Waals surface area (Å²) in [5.41, 5.74) is 7.01. The zero-order valence-electron chi connectivity index (χ0n) is 18.1. The molecule has 1 saturated heterocycles. The molecule has 5 N–H and O–H groups in total. The molecule has 0 spiro atoms. The van der Waals surface area contributed by atoms with E-state index in [4.69, 9.17) is 15.1 Å². The number of rotatable bonds is 6. The standard InChI is InChI=1S/C19H23BN3O7.2Na/c21-14(8-12-2-1-7-22-12)18(24)23-9-13(10-23)29-15-4-3-11-5-6-20(27,28)30-17(11)16(15)19(25)26;;/h1-4,7,13-14,22,27-28H,5-6,8-10,21H2,(H,25,26);;/q-1;2*+1/p-1/t14-;;/m0../s1. The van der Waals surface area contributed by atoms with Crippen molar-refractivity contribution >= 4 is 18.6 Å². The molecule has 4 rings (SSSR count). The van der Waals surface area contributed by atoms with Gasteiger partial charge in [0.05, 0.1) is 36.4 Å². The Balaban J connectivity index is 0.00000181. The zero-order valence-corrected chi connectivity index (χ0v) is 22.1. The first-order valence-electron chi connectivity index (χ1n) is 9.73. The van der Waals surface area contributed by atoms with Gasteiger partial charge in [-0.1, -0.05) is 12.4 Å². The molecule has 160 valence electrons. The van der Waals surface area contributed by atoms with Gasteiger partial charge < -0.3 is 45.0 Å². The Bertz CT molecular complexity index is 968. The summed E-state index contributed by atoms with van der Waals surface area (Å²) in [6.45, 7) is -2.61. The minimum Gasteiger partial charge on any atom is -0.669 e. The Morgan fingerprint density at radius 2 is 2.03 bits per heavy atom. The predicted molar refractivity (Wildman–Crippen MR) is 104 cm³/mol. The second-order valence-corrected chi connectivity index (χ2v) is 7.72. The molecule has 2 aromatic rings. The van der Waals surface area contributed by atoms with E-state index in [1.165, 1.54) is 6.07 Å². The molecule has 0 bridgehead atoms. The van der Waals surface area contributed by atoms with Crippen LogP contribution in [0, 0.1) is 0 Å². The number of hydrogen-bond donors (Lipinski definition) is 4. The maximum absolute atomic E-state index is 12.4. The Hall–Kier alpha value is -1.02. The van der Waals surface area contributed by atoms with Gasteiger partial charge in [0.15, 0.2) is 0 Å². The number of aromatic nitrogens is 1. The number of nitrogens with two attached hydrogens (primary N) is 1. The average Bonchev–Trinajstić information content (AvgIpc) is 3.15. The predicted octanol–water partition coefficient (Wildman–Crippen LogP) is -7.60. The van der Waals surface area contributed by atoms with Gasteiger partial charge >= 0.3 is 65.9 Å². The van der Waals surface area contributed by atoms with Crippen LogP contribution in [0.1, 0.15) is 21.6 Å². The number of hydrogen-bond acceptors (Lipinski definition) is 8. The number of nitrogens with one attached hydrogen (secondary N) is 1. The van der Waals surface area contributed by atoms with Crippen molar-refractivity contribution in [3.63, 3.8) is 0 Å². The maximum Gasteiger partial charge on any atom is 1.00 e. The fourth-order valence-corrected chi connectivity index (χ4v) is 3.75. The Morgan fingerprint density at radius 1 is 1.31 bits per heavy atom. The van der Waals surface area contributed by atoms with Crippen LogP contribution in [0.5, 0.6) is 11.5 Å². The number of ether oxygens (including phenoxy) is 1. The van der Waals surface area contributed by atoms with Crippen molar-refractivity contribution in [3.8, 4) is 11.5 Å². The fourth-order valence-electron chi connectivity index (χ4n) is 3.75. The van der Waals surface area contributed by atoms with Crippen molar-refractivity contribution in [2.45, 2.75) is 31.3 Å². The van der Waals surface area contributed by atoms with Gasteiger partial charge in [-0.25, -0.2) is 0 Å². The van der Waals surface area contributed by atoms with Crippen LogP contribution >= 0.6 is 0 Å². The summed E-state index contributed by atoms with van der Waals surface area (Å²) < 4.78 is 10.9. The summed E-state index contributed by atoms with van der Waals surface area (Å²) in [6, 6.07) is 6.10. The number of nitrogens with zero attached hydrogens (tertiary/aromatic N) is 1. The molecule has 1 aromatic carbocycles. The quantitative estimate of drug-likeness (QED) is 0.309. The van der Waals surface area contributed by atoms with Crippen molar-refractivity contribution in [1.29, 1.82) is 0 Å². The largest absolute Gasteiger partial charge is 1.00 e. The SMILES string of the molecule is N[C@@H](Cc1ccc[nH]1)C(=O)N1CC(Oc2ccc3c(c2C(=O)[O-])O[B-](O)(O)CC3)C1.[Na+].[Na+]. The number of amides is 1. The molecule has 3 heterocycles. The van der Waals surface area contributed by atoms with Crippen LogP contribution in [0.15, 0.2) is 30.5 Å². The molecular formula is C19H22BN3Na2O7. The second-order valence-electron chi connectivity index (χ2n) is 7.72. The first-order chi connectivity index (χ1) is 14.2. The van der Waals surface area contributed by atoms with Gasteiger partial charge in [0.2, 0.25) is 5.91 Å². The number of carboxylic acids is 1. The van der Waals surface area contributed by atoms with Gasteiger partial charge in [-0.2, -0.15) is 0 Å². The smallest absolute Gasteiger partial charge is 0.669 e. The molecule has 0 unspecified atom stereocenters. The van der Waals surface area contributed by atoms with Gasteiger partial charge in [0.25, 0.3) is 0 Å². The summed E-state index contributed by atoms with van der Waals surface area (Å²) >= 11 is 0. The third kappa shape index (κ3) is 5.91. The Kier molecular flexibility index (Phi) is 9.31. The van der Waals surface area contributed by atoms with Crippen molar-refractivity contribution in [2.24, 2.45) is 5.73 Å². The van der Waals surface area contributed by atoms with Crippen molar-refractivity contribution in [1.82, 2.24) is 9.88 Å². The summed E-state index contributed by atoms with van der Waals surface area (Å²) in [7, 11) is 0. The molecule has 32 heavy (non-hydrogen) atoms. The van der Waals surface area contributed by atoms with Crippen LogP contribution < -0.4 is 79.3 Å². The summed E-state index contributed by atoms with van der Waals surface area (Å²) in [5, 5.41) is 31.3. The molecule has 2 aliphatic rings. The number of aromatic carboxylic acids is 1. The molecule has 1 aromatic heterocycles. The molecule has 1 amide bonds. The van der Waals surface area contributed by atoms with E-state index in [-0.39, 0.29) is 108 Å². The van der Waals surface area contributed by atoms with E-state index in [1.54, 1.807) is 17.2 Å². The Morgan fingerprint density at radius 3 is 2.66 bits per heavy atom.